The van der Waals surface area contributed by atoms with Gasteiger partial charge in [0.05, 0.1) is 17.3 Å². The van der Waals surface area contributed by atoms with E-state index in [1.165, 1.54) is 35.8 Å². The number of methoxy groups -OCH3 is 1. The highest BCUT2D eigenvalue weighted by atomic mass is 32.1. The van der Waals surface area contributed by atoms with Gasteiger partial charge in [0, 0.05) is 31.5 Å². The summed E-state index contributed by atoms with van der Waals surface area (Å²) in [6.45, 7) is 5.19. The molecule has 1 aliphatic heterocycles. The van der Waals surface area contributed by atoms with Crippen LogP contribution in [0.3, 0.4) is 0 Å². The number of aromatic nitrogens is 1. The minimum absolute atomic E-state index is 0.622. The Balaban J connectivity index is 1.92. The van der Waals surface area contributed by atoms with Crippen LogP contribution in [0.4, 0.5) is 0 Å². The number of nitrogens with zero attached hydrogens (tertiary/aromatic N) is 2. The molecule has 1 N–H and O–H groups in total. The SMILES string of the molecule is CNCc1sc(CCN2CCCC2)nc1COC. The first-order valence-corrected chi connectivity index (χ1v) is 7.48. The molecule has 0 spiro atoms. The normalized spacial score (nSPS) is 16.6. The summed E-state index contributed by atoms with van der Waals surface area (Å²) < 4.78 is 5.21. The summed E-state index contributed by atoms with van der Waals surface area (Å²) in [6, 6.07) is 0. The fraction of sp³-hybridized carbons (Fsp3) is 0.769. The molecule has 0 bridgehead atoms. The zero-order valence-corrected chi connectivity index (χ0v) is 12.2. The van der Waals surface area contributed by atoms with Gasteiger partial charge in [-0.3, -0.25) is 0 Å². The van der Waals surface area contributed by atoms with Gasteiger partial charge in [0.25, 0.3) is 0 Å². The van der Waals surface area contributed by atoms with Crippen LogP contribution in [0.1, 0.15) is 28.4 Å². The van der Waals surface area contributed by atoms with Gasteiger partial charge < -0.3 is 15.0 Å². The molecule has 1 aliphatic rings. The third kappa shape index (κ3) is 3.75. The summed E-state index contributed by atoms with van der Waals surface area (Å²) in [4.78, 5) is 8.56. The van der Waals surface area contributed by atoms with Gasteiger partial charge in [-0.05, 0) is 33.0 Å². The fourth-order valence-electron chi connectivity index (χ4n) is 2.35. The lowest BCUT2D eigenvalue weighted by Crippen LogP contribution is -2.21. The second-order valence-corrected chi connectivity index (χ2v) is 5.91. The van der Waals surface area contributed by atoms with E-state index in [1.807, 2.05) is 18.4 Å². The minimum Gasteiger partial charge on any atom is -0.378 e. The maximum absolute atomic E-state index is 5.21. The molecule has 5 heteroatoms. The first-order valence-electron chi connectivity index (χ1n) is 6.67. The third-order valence-corrected chi connectivity index (χ3v) is 4.44. The summed E-state index contributed by atoms with van der Waals surface area (Å²) in [6.07, 6.45) is 3.79. The molecule has 4 nitrogen and oxygen atoms in total. The van der Waals surface area contributed by atoms with Crippen LogP contribution in [0.25, 0.3) is 0 Å². The number of hydrogen-bond donors (Lipinski definition) is 1. The Morgan fingerprint density at radius 1 is 1.39 bits per heavy atom. The highest BCUT2D eigenvalue weighted by molar-refractivity contribution is 7.11. The summed E-state index contributed by atoms with van der Waals surface area (Å²) >= 11 is 1.83. The van der Waals surface area contributed by atoms with Crippen molar-refractivity contribution in [3.8, 4) is 0 Å². The third-order valence-electron chi connectivity index (χ3n) is 3.28. The quantitative estimate of drug-likeness (QED) is 0.817. The van der Waals surface area contributed by atoms with E-state index >= 15 is 0 Å². The van der Waals surface area contributed by atoms with Crippen LogP contribution in [-0.4, -0.2) is 43.7 Å². The Labute approximate surface area is 113 Å². The Morgan fingerprint density at radius 2 is 2.17 bits per heavy atom. The van der Waals surface area contributed by atoms with Crippen LogP contribution >= 0.6 is 11.3 Å². The maximum atomic E-state index is 5.21. The molecule has 2 rings (SSSR count). The van der Waals surface area contributed by atoms with Gasteiger partial charge in [0.1, 0.15) is 0 Å². The van der Waals surface area contributed by atoms with E-state index in [0.29, 0.717) is 6.61 Å². The first kappa shape index (κ1) is 13.9. The summed E-state index contributed by atoms with van der Waals surface area (Å²) in [5.41, 5.74) is 1.10. The van der Waals surface area contributed by atoms with E-state index in [-0.39, 0.29) is 0 Å². The van der Waals surface area contributed by atoms with E-state index in [0.717, 1.165) is 25.2 Å². The predicted octanol–water partition coefficient (Wildman–Crippen LogP) is 1.65. The van der Waals surface area contributed by atoms with Crippen molar-refractivity contribution in [1.29, 1.82) is 0 Å². The van der Waals surface area contributed by atoms with Gasteiger partial charge in [0.2, 0.25) is 0 Å². The Morgan fingerprint density at radius 3 is 2.83 bits per heavy atom. The Kier molecular flexibility index (Phi) is 5.56. The lowest BCUT2D eigenvalue weighted by Gasteiger charge is -2.12. The molecule has 1 aromatic heterocycles. The number of rotatable bonds is 7. The number of nitrogens with one attached hydrogen (secondary N) is 1. The molecular weight excluding hydrogens is 246 g/mol. The van der Waals surface area contributed by atoms with Gasteiger partial charge in [-0.2, -0.15) is 0 Å². The van der Waals surface area contributed by atoms with Crippen LogP contribution < -0.4 is 5.32 Å². The zero-order chi connectivity index (χ0) is 12.8. The fourth-order valence-corrected chi connectivity index (χ4v) is 3.42. The van der Waals surface area contributed by atoms with Gasteiger partial charge in [-0.1, -0.05) is 0 Å². The van der Waals surface area contributed by atoms with Crippen LogP contribution in [0.5, 0.6) is 0 Å². The molecule has 0 aliphatic carbocycles. The average molecular weight is 269 g/mol. The maximum Gasteiger partial charge on any atom is 0.0945 e. The first-order chi connectivity index (χ1) is 8.83. The van der Waals surface area contributed by atoms with E-state index < -0.39 is 0 Å². The number of hydrogen-bond acceptors (Lipinski definition) is 5. The Bertz CT molecular complexity index is 338. The summed E-state index contributed by atoms with van der Waals surface area (Å²) in [5.74, 6) is 0. The van der Waals surface area contributed by atoms with E-state index in [1.54, 1.807) is 7.11 Å². The molecule has 0 saturated carbocycles. The molecule has 0 aromatic carbocycles. The number of thiazole rings is 1. The lowest BCUT2D eigenvalue weighted by atomic mass is 10.3. The molecule has 2 heterocycles. The van der Waals surface area contributed by atoms with E-state index in [9.17, 15) is 0 Å². The van der Waals surface area contributed by atoms with Crippen LogP contribution in [0.15, 0.2) is 0 Å². The molecule has 1 fully saturated rings. The largest absolute Gasteiger partial charge is 0.378 e. The Hall–Kier alpha value is -0.490. The molecule has 0 atom stereocenters. The van der Waals surface area contributed by atoms with Crippen molar-refractivity contribution in [3.63, 3.8) is 0 Å². The number of likely N-dealkylation sites (tertiary alicyclic amines) is 1. The van der Waals surface area contributed by atoms with Gasteiger partial charge >= 0.3 is 0 Å². The number of ether oxygens (including phenoxy) is 1. The molecular formula is C13H23N3OS. The van der Waals surface area contributed by atoms with Crippen molar-refractivity contribution in [2.24, 2.45) is 0 Å². The van der Waals surface area contributed by atoms with Crippen molar-refractivity contribution in [3.05, 3.63) is 15.6 Å². The molecule has 102 valence electrons. The second-order valence-electron chi connectivity index (χ2n) is 4.74. The second kappa shape index (κ2) is 7.19. The predicted molar refractivity (Wildman–Crippen MR) is 75.0 cm³/mol. The molecule has 1 aromatic rings. The van der Waals surface area contributed by atoms with Gasteiger partial charge in [0.15, 0.2) is 0 Å². The molecule has 0 amide bonds. The van der Waals surface area contributed by atoms with Crippen molar-refractivity contribution in [1.82, 2.24) is 15.2 Å². The average Bonchev–Trinajstić information content (AvgIpc) is 2.98. The zero-order valence-electron chi connectivity index (χ0n) is 11.4. The van der Waals surface area contributed by atoms with Crippen molar-refractivity contribution >= 4 is 11.3 Å². The summed E-state index contributed by atoms with van der Waals surface area (Å²) in [7, 11) is 3.70. The highest BCUT2D eigenvalue weighted by Crippen LogP contribution is 2.20. The van der Waals surface area contributed by atoms with E-state index in [2.05, 4.69) is 10.2 Å². The van der Waals surface area contributed by atoms with Gasteiger partial charge in [-0.15, -0.1) is 11.3 Å². The van der Waals surface area contributed by atoms with Crippen LogP contribution in [0.2, 0.25) is 0 Å². The van der Waals surface area contributed by atoms with Crippen molar-refractivity contribution in [2.45, 2.75) is 32.4 Å². The van der Waals surface area contributed by atoms with Gasteiger partial charge in [-0.25, -0.2) is 4.98 Å². The molecule has 18 heavy (non-hydrogen) atoms. The lowest BCUT2D eigenvalue weighted by molar-refractivity contribution is 0.181. The molecule has 0 radical (unpaired) electrons. The molecule has 0 unspecified atom stereocenters. The van der Waals surface area contributed by atoms with Crippen molar-refractivity contribution < 1.29 is 4.74 Å². The minimum atomic E-state index is 0.622. The highest BCUT2D eigenvalue weighted by Gasteiger charge is 2.14. The van der Waals surface area contributed by atoms with E-state index in [4.69, 9.17) is 9.72 Å². The van der Waals surface area contributed by atoms with Crippen LogP contribution in [-0.2, 0) is 24.3 Å². The standard InChI is InChI=1S/C13H23N3OS/c1-14-9-12-11(10-17-2)15-13(18-12)5-8-16-6-3-4-7-16/h14H,3-10H2,1-2H3. The monoisotopic (exact) mass is 269 g/mol. The topological polar surface area (TPSA) is 37.4 Å². The van der Waals surface area contributed by atoms with Crippen LogP contribution in [0, 0.1) is 0 Å². The smallest absolute Gasteiger partial charge is 0.0945 e. The van der Waals surface area contributed by atoms with Crippen molar-refractivity contribution in [2.75, 3.05) is 33.8 Å². The molecule has 1 saturated heterocycles. The summed E-state index contributed by atoms with van der Waals surface area (Å²) in [5, 5.41) is 4.45.